The molecular formula is C20H25N3O4. The Morgan fingerprint density at radius 3 is 2.63 bits per heavy atom. The van der Waals surface area contributed by atoms with Crippen molar-refractivity contribution in [1.29, 1.82) is 5.26 Å². The third-order valence-electron chi connectivity index (χ3n) is 5.57. The number of aliphatic hydroxyl groups excluding tert-OH is 1. The Bertz CT molecular complexity index is 748. The molecule has 3 aliphatic heterocycles. The number of piperidine rings is 1. The number of carbonyl (C=O) groups is 1. The smallest absolute Gasteiger partial charge is 0.292 e. The molecule has 4 rings (SSSR count). The molecule has 0 aromatic heterocycles. The minimum Gasteiger partial charge on any atom is -0.374 e. The Kier molecular flexibility index (Phi) is 5.15. The van der Waals surface area contributed by atoms with Gasteiger partial charge in [-0.1, -0.05) is 12.5 Å². The molecule has 7 heteroatoms. The van der Waals surface area contributed by atoms with Crippen LogP contribution in [0, 0.1) is 11.3 Å². The van der Waals surface area contributed by atoms with Gasteiger partial charge in [-0.2, -0.15) is 5.26 Å². The van der Waals surface area contributed by atoms with E-state index >= 15 is 0 Å². The van der Waals surface area contributed by atoms with Gasteiger partial charge in [0.1, 0.15) is 6.23 Å². The molecule has 3 aliphatic rings. The van der Waals surface area contributed by atoms with Gasteiger partial charge in [-0.25, -0.2) is 0 Å². The summed E-state index contributed by atoms with van der Waals surface area (Å²) in [5.41, 5.74) is 2.08. The van der Waals surface area contributed by atoms with Crippen molar-refractivity contribution in [2.75, 3.05) is 37.7 Å². The van der Waals surface area contributed by atoms with Gasteiger partial charge in [-0.05, 0) is 37.0 Å². The van der Waals surface area contributed by atoms with Crippen molar-refractivity contribution < 1.29 is 19.4 Å². The minimum atomic E-state index is -1.44. The molecule has 0 bridgehead atoms. The second-order valence-electron chi connectivity index (χ2n) is 7.28. The van der Waals surface area contributed by atoms with Crippen molar-refractivity contribution in [2.24, 2.45) is 0 Å². The van der Waals surface area contributed by atoms with Gasteiger partial charge in [0, 0.05) is 25.2 Å². The summed E-state index contributed by atoms with van der Waals surface area (Å²) >= 11 is 0. The molecule has 3 heterocycles. The van der Waals surface area contributed by atoms with E-state index in [0.717, 1.165) is 37.9 Å². The summed E-state index contributed by atoms with van der Waals surface area (Å²) < 4.78 is 11.7. The van der Waals surface area contributed by atoms with Crippen molar-refractivity contribution in [3.05, 3.63) is 29.3 Å². The number of carbonyl (C=O) groups excluding carboxylic acids is 1. The summed E-state index contributed by atoms with van der Waals surface area (Å²) in [7, 11) is 0. The normalized spacial score (nSPS) is 23.3. The predicted octanol–water partition coefficient (Wildman–Crippen LogP) is 2.01. The lowest BCUT2D eigenvalue weighted by Crippen LogP contribution is -2.47. The molecule has 0 aliphatic carbocycles. The summed E-state index contributed by atoms with van der Waals surface area (Å²) in [4.78, 5) is 16.8. The van der Waals surface area contributed by atoms with E-state index in [1.807, 2.05) is 18.2 Å². The number of anilines is 1. The molecule has 0 saturated carbocycles. The molecule has 1 amide bonds. The Labute approximate surface area is 159 Å². The van der Waals surface area contributed by atoms with E-state index in [9.17, 15) is 9.90 Å². The minimum absolute atomic E-state index is 0.236. The highest BCUT2D eigenvalue weighted by atomic mass is 16.7. The molecule has 27 heavy (non-hydrogen) atoms. The maximum absolute atomic E-state index is 13.1. The summed E-state index contributed by atoms with van der Waals surface area (Å²) in [6.45, 7) is 2.91. The first-order valence-electron chi connectivity index (χ1n) is 9.71. The number of hydrogen-bond donors (Lipinski definition) is 1. The van der Waals surface area contributed by atoms with Gasteiger partial charge in [0.25, 0.3) is 11.7 Å². The topological polar surface area (TPSA) is 86.0 Å². The second kappa shape index (κ2) is 7.56. The number of aliphatic hydroxyl groups is 1. The van der Waals surface area contributed by atoms with Crippen LogP contribution in [0.4, 0.5) is 5.69 Å². The average Bonchev–Trinajstić information content (AvgIpc) is 2.94. The standard InChI is InChI=1S/C20H25N3O4/c21-8-4-11-23-17-7-6-15(18(24)22-9-2-1-3-10-22)14-16(17)20(19(23)25)26-12-5-13-27-20/h6-7,14,18,24H,1-5,9-13H2. The van der Waals surface area contributed by atoms with Gasteiger partial charge in [-0.15, -0.1) is 0 Å². The molecule has 1 unspecified atom stereocenters. The monoisotopic (exact) mass is 371 g/mol. The van der Waals surface area contributed by atoms with Crippen LogP contribution in [0.3, 0.4) is 0 Å². The van der Waals surface area contributed by atoms with Crippen LogP contribution in [0.5, 0.6) is 0 Å². The van der Waals surface area contributed by atoms with Crippen molar-refractivity contribution >= 4 is 11.6 Å². The van der Waals surface area contributed by atoms with Crippen molar-refractivity contribution in [1.82, 2.24) is 4.90 Å². The summed E-state index contributed by atoms with van der Waals surface area (Å²) in [5, 5.41) is 19.8. The van der Waals surface area contributed by atoms with Gasteiger partial charge in [0.05, 0.1) is 31.4 Å². The van der Waals surface area contributed by atoms with E-state index in [0.29, 0.717) is 31.0 Å². The molecule has 1 aromatic carbocycles. The Balaban J connectivity index is 1.70. The van der Waals surface area contributed by atoms with Crippen LogP contribution in [0.25, 0.3) is 0 Å². The van der Waals surface area contributed by atoms with Crippen molar-refractivity contribution in [3.8, 4) is 6.07 Å². The first-order valence-corrected chi connectivity index (χ1v) is 9.71. The number of likely N-dealkylation sites (tertiary alicyclic amines) is 1. The lowest BCUT2D eigenvalue weighted by Gasteiger charge is -2.33. The number of hydrogen-bond acceptors (Lipinski definition) is 6. The van der Waals surface area contributed by atoms with E-state index in [-0.39, 0.29) is 12.3 Å². The fraction of sp³-hybridized carbons (Fsp3) is 0.600. The Morgan fingerprint density at radius 2 is 1.93 bits per heavy atom. The number of amides is 1. The molecule has 1 N–H and O–H groups in total. The van der Waals surface area contributed by atoms with Gasteiger partial charge in [-0.3, -0.25) is 9.69 Å². The van der Waals surface area contributed by atoms with E-state index in [4.69, 9.17) is 14.7 Å². The fourth-order valence-electron chi connectivity index (χ4n) is 4.18. The molecule has 1 spiro atoms. The lowest BCUT2D eigenvalue weighted by molar-refractivity contribution is -0.256. The molecule has 2 fully saturated rings. The second-order valence-corrected chi connectivity index (χ2v) is 7.28. The van der Waals surface area contributed by atoms with Gasteiger partial charge < -0.3 is 19.5 Å². The van der Waals surface area contributed by atoms with Crippen LogP contribution < -0.4 is 4.90 Å². The Hall–Kier alpha value is -1.98. The third kappa shape index (κ3) is 3.13. The zero-order chi connectivity index (χ0) is 18.9. The lowest BCUT2D eigenvalue weighted by atomic mass is 10.0. The highest BCUT2D eigenvalue weighted by molar-refractivity contribution is 6.06. The molecule has 144 valence electrons. The maximum Gasteiger partial charge on any atom is 0.292 e. The zero-order valence-corrected chi connectivity index (χ0v) is 15.4. The van der Waals surface area contributed by atoms with Crippen molar-refractivity contribution in [3.63, 3.8) is 0 Å². The summed E-state index contributed by atoms with van der Waals surface area (Å²) in [6, 6.07) is 7.62. The van der Waals surface area contributed by atoms with Gasteiger partial charge in [0.2, 0.25) is 0 Å². The van der Waals surface area contributed by atoms with Crippen LogP contribution in [0.1, 0.15) is 49.5 Å². The van der Waals surface area contributed by atoms with Crippen LogP contribution in [-0.2, 0) is 20.1 Å². The number of nitrogens with zero attached hydrogens (tertiary/aromatic N) is 3. The highest BCUT2D eigenvalue weighted by Gasteiger charge is 2.55. The quantitative estimate of drug-likeness (QED) is 0.871. The van der Waals surface area contributed by atoms with Crippen LogP contribution in [-0.4, -0.2) is 48.8 Å². The first-order chi connectivity index (χ1) is 13.2. The van der Waals surface area contributed by atoms with Gasteiger partial charge >= 0.3 is 0 Å². The summed E-state index contributed by atoms with van der Waals surface area (Å²) in [6.07, 6.45) is 3.62. The summed E-state index contributed by atoms with van der Waals surface area (Å²) in [5.74, 6) is -1.72. The van der Waals surface area contributed by atoms with Crippen molar-refractivity contribution in [2.45, 2.75) is 44.1 Å². The predicted molar refractivity (Wildman–Crippen MR) is 97.6 cm³/mol. The van der Waals surface area contributed by atoms with Crippen LogP contribution in [0.2, 0.25) is 0 Å². The molecule has 1 aromatic rings. The molecule has 1 atom stereocenters. The van der Waals surface area contributed by atoms with Gasteiger partial charge in [0.15, 0.2) is 0 Å². The largest absolute Gasteiger partial charge is 0.374 e. The third-order valence-corrected chi connectivity index (χ3v) is 5.57. The number of nitriles is 1. The van der Waals surface area contributed by atoms with E-state index in [1.165, 1.54) is 6.42 Å². The number of fused-ring (bicyclic) bond motifs is 2. The fourth-order valence-corrected chi connectivity index (χ4v) is 4.18. The molecule has 0 radical (unpaired) electrons. The number of benzene rings is 1. The molecule has 2 saturated heterocycles. The van der Waals surface area contributed by atoms with E-state index < -0.39 is 12.0 Å². The molecular weight excluding hydrogens is 346 g/mol. The highest BCUT2D eigenvalue weighted by Crippen LogP contribution is 2.46. The van der Waals surface area contributed by atoms with Crippen LogP contribution >= 0.6 is 0 Å². The number of ether oxygens (including phenoxy) is 2. The Morgan fingerprint density at radius 1 is 1.19 bits per heavy atom. The number of rotatable bonds is 4. The maximum atomic E-state index is 13.1. The van der Waals surface area contributed by atoms with E-state index in [1.54, 1.807) is 4.90 Å². The first kappa shape index (κ1) is 18.4. The zero-order valence-electron chi connectivity index (χ0n) is 15.4. The van der Waals surface area contributed by atoms with Crippen LogP contribution in [0.15, 0.2) is 18.2 Å². The molecule has 7 nitrogen and oxygen atoms in total. The average molecular weight is 371 g/mol. The SMILES string of the molecule is N#CCCN1C(=O)C2(OCCCO2)c2cc(C(O)N3CCCCC3)ccc21. The van der Waals surface area contributed by atoms with E-state index in [2.05, 4.69) is 11.0 Å².